The normalized spacial score (nSPS) is 12.7. The number of carbonyl (C=O) groups is 3. The van der Waals surface area contributed by atoms with Crippen LogP contribution in [-0.2, 0) is 14.3 Å². The number of amides is 1. The summed E-state index contributed by atoms with van der Waals surface area (Å²) in [4.78, 5) is 34.0. The lowest BCUT2D eigenvalue weighted by Gasteiger charge is -2.16. The number of nitrogens with one attached hydrogen (secondary N) is 1. The zero-order chi connectivity index (χ0) is 21.5. The second-order valence-corrected chi connectivity index (χ2v) is 6.81. The van der Waals surface area contributed by atoms with Crippen molar-refractivity contribution in [1.29, 1.82) is 0 Å². The Balaban J connectivity index is 1.59. The molecule has 30 heavy (non-hydrogen) atoms. The number of carboxylic acids is 2. The molecule has 2 aromatic carbocycles. The highest BCUT2D eigenvalue weighted by molar-refractivity contribution is 5.81. The number of hydrogen-bond donors (Lipinski definition) is 3. The van der Waals surface area contributed by atoms with E-state index in [0.717, 1.165) is 22.3 Å². The van der Waals surface area contributed by atoms with Crippen molar-refractivity contribution in [3.63, 3.8) is 0 Å². The third-order valence-corrected chi connectivity index (χ3v) is 4.83. The van der Waals surface area contributed by atoms with Gasteiger partial charge in [0.1, 0.15) is 12.6 Å². The lowest BCUT2D eigenvalue weighted by atomic mass is 9.98. The lowest BCUT2D eigenvalue weighted by Crippen LogP contribution is -2.41. The highest BCUT2D eigenvalue weighted by Gasteiger charge is 2.29. The summed E-state index contributed by atoms with van der Waals surface area (Å²) >= 11 is 0. The molecule has 0 radical (unpaired) electrons. The zero-order valence-electron chi connectivity index (χ0n) is 16.1. The molecule has 3 N–H and O–H groups in total. The van der Waals surface area contributed by atoms with E-state index in [1.807, 2.05) is 48.5 Å². The van der Waals surface area contributed by atoms with Gasteiger partial charge in [0.2, 0.25) is 0 Å². The molecular weight excluding hydrogens is 386 g/mol. The SMILES string of the molecule is O=C(O)CCC#CC[C@H](NC(=O)OCC1c2ccccc2-c2ccccc21)C(=O)O. The Morgan fingerprint density at radius 3 is 2.13 bits per heavy atom. The largest absolute Gasteiger partial charge is 0.481 e. The second kappa shape index (κ2) is 9.61. The van der Waals surface area contributed by atoms with Gasteiger partial charge in [0, 0.05) is 18.8 Å². The van der Waals surface area contributed by atoms with Crippen molar-refractivity contribution in [1.82, 2.24) is 5.32 Å². The van der Waals surface area contributed by atoms with Gasteiger partial charge in [-0.3, -0.25) is 4.79 Å². The van der Waals surface area contributed by atoms with E-state index in [-0.39, 0.29) is 31.8 Å². The first kappa shape index (κ1) is 20.9. The Bertz CT molecular complexity index is 974. The van der Waals surface area contributed by atoms with Gasteiger partial charge in [0.25, 0.3) is 0 Å². The maximum atomic E-state index is 12.2. The van der Waals surface area contributed by atoms with Gasteiger partial charge >= 0.3 is 18.0 Å². The minimum absolute atomic E-state index is 0.0799. The zero-order valence-corrected chi connectivity index (χ0v) is 16.1. The molecular formula is C23H21NO6. The number of alkyl carbamates (subject to hydrolysis) is 1. The Morgan fingerprint density at radius 1 is 0.967 bits per heavy atom. The highest BCUT2D eigenvalue weighted by atomic mass is 16.5. The fraction of sp³-hybridized carbons (Fsp3) is 0.261. The fourth-order valence-corrected chi connectivity index (χ4v) is 3.41. The highest BCUT2D eigenvalue weighted by Crippen LogP contribution is 2.44. The number of carboxylic acid groups (broad SMARTS) is 2. The van der Waals surface area contributed by atoms with E-state index in [0.29, 0.717) is 0 Å². The van der Waals surface area contributed by atoms with Crippen LogP contribution in [0.2, 0.25) is 0 Å². The maximum absolute atomic E-state index is 12.2. The third kappa shape index (κ3) is 4.97. The van der Waals surface area contributed by atoms with Gasteiger partial charge in [-0.05, 0) is 22.3 Å². The first-order valence-corrected chi connectivity index (χ1v) is 9.49. The van der Waals surface area contributed by atoms with Crippen LogP contribution in [0.3, 0.4) is 0 Å². The molecule has 0 bridgehead atoms. The van der Waals surface area contributed by atoms with Crippen molar-refractivity contribution in [2.24, 2.45) is 0 Å². The predicted molar refractivity (Wildman–Crippen MR) is 109 cm³/mol. The molecule has 0 fully saturated rings. The molecule has 0 saturated carbocycles. The van der Waals surface area contributed by atoms with Crippen molar-refractivity contribution >= 4 is 18.0 Å². The van der Waals surface area contributed by atoms with E-state index >= 15 is 0 Å². The number of benzene rings is 2. The molecule has 1 atom stereocenters. The molecule has 0 heterocycles. The number of rotatable bonds is 7. The van der Waals surface area contributed by atoms with Crippen molar-refractivity contribution in [2.75, 3.05) is 6.61 Å². The molecule has 0 aromatic heterocycles. The Hall–Kier alpha value is -3.79. The number of fused-ring (bicyclic) bond motifs is 3. The summed E-state index contributed by atoms with van der Waals surface area (Å²) in [6.07, 6.45) is -0.979. The molecule has 2 aromatic rings. The fourth-order valence-electron chi connectivity index (χ4n) is 3.41. The number of hydrogen-bond acceptors (Lipinski definition) is 4. The molecule has 3 rings (SSSR count). The Kier molecular flexibility index (Phi) is 6.71. The molecule has 154 valence electrons. The summed E-state index contributed by atoms with van der Waals surface area (Å²) in [6.45, 7) is 0.0799. The summed E-state index contributed by atoms with van der Waals surface area (Å²) < 4.78 is 5.34. The van der Waals surface area contributed by atoms with Gasteiger partial charge in [-0.25, -0.2) is 9.59 Å². The van der Waals surface area contributed by atoms with Crippen LogP contribution in [0.4, 0.5) is 4.79 Å². The second-order valence-electron chi connectivity index (χ2n) is 6.81. The smallest absolute Gasteiger partial charge is 0.407 e. The van der Waals surface area contributed by atoms with Crippen LogP contribution in [-0.4, -0.2) is 40.9 Å². The van der Waals surface area contributed by atoms with Gasteiger partial charge in [0.05, 0.1) is 6.42 Å². The van der Waals surface area contributed by atoms with Gasteiger partial charge in [-0.15, -0.1) is 11.8 Å². The monoisotopic (exact) mass is 407 g/mol. The lowest BCUT2D eigenvalue weighted by molar-refractivity contribution is -0.139. The summed E-state index contributed by atoms with van der Waals surface area (Å²) in [7, 11) is 0. The minimum atomic E-state index is -1.24. The molecule has 1 aliphatic carbocycles. The van der Waals surface area contributed by atoms with E-state index in [2.05, 4.69) is 17.2 Å². The summed E-state index contributed by atoms with van der Waals surface area (Å²) in [6, 6.07) is 14.6. The predicted octanol–water partition coefficient (Wildman–Crippen LogP) is 3.24. The maximum Gasteiger partial charge on any atom is 0.407 e. The first-order chi connectivity index (χ1) is 14.5. The van der Waals surface area contributed by atoms with E-state index in [1.165, 1.54) is 0 Å². The molecule has 1 amide bonds. The van der Waals surface area contributed by atoms with Crippen LogP contribution in [0.15, 0.2) is 48.5 Å². The summed E-state index contributed by atoms with van der Waals surface area (Å²) in [5.41, 5.74) is 4.32. The first-order valence-electron chi connectivity index (χ1n) is 9.49. The van der Waals surface area contributed by atoms with Crippen molar-refractivity contribution in [3.05, 3.63) is 59.7 Å². The average molecular weight is 407 g/mol. The van der Waals surface area contributed by atoms with E-state index in [9.17, 15) is 19.5 Å². The van der Waals surface area contributed by atoms with Crippen LogP contribution in [0.1, 0.15) is 36.3 Å². The molecule has 7 heteroatoms. The van der Waals surface area contributed by atoms with Crippen LogP contribution >= 0.6 is 0 Å². The molecule has 0 spiro atoms. The van der Waals surface area contributed by atoms with Crippen molar-refractivity contribution in [3.8, 4) is 23.0 Å². The number of carbonyl (C=O) groups excluding carboxylic acids is 1. The van der Waals surface area contributed by atoms with Gasteiger partial charge < -0.3 is 20.3 Å². The summed E-state index contributed by atoms with van der Waals surface area (Å²) in [5.74, 6) is 2.84. The van der Waals surface area contributed by atoms with Gasteiger partial charge in [-0.2, -0.15) is 0 Å². The quantitative estimate of drug-likeness (QED) is 0.608. The van der Waals surface area contributed by atoms with Crippen LogP contribution < -0.4 is 5.32 Å². The van der Waals surface area contributed by atoms with Crippen LogP contribution in [0.5, 0.6) is 0 Å². The molecule has 0 unspecified atom stereocenters. The average Bonchev–Trinajstić information content (AvgIpc) is 3.04. The Morgan fingerprint density at radius 2 is 1.57 bits per heavy atom. The molecule has 0 saturated heterocycles. The topological polar surface area (TPSA) is 113 Å². The van der Waals surface area contributed by atoms with Crippen LogP contribution in [0.25, 0.3) is 11.1 Å². The third-order valence-electron chi connectivity index (χ3n) is 4.83. The standard InChI is InChI=1S/C23H21NO6/c25-21(26)13-3-1-2-12-20(22(27)28)24-23(29)30-14-19-17-10-6-4-8-15(17)16-9-5-7-11-18(16)19/h4-11,19-20H,3,12-14H2,(H,24,29)(H,25,26)(H,27,28)/t20-/m0/s1. The van der Waals surface area contributed by atoms with Crippen molar-refractivity contribution < 1.29 is 29.3 Å². The van der Waals surface area contributed by atoms with E-state index in [4.69, 9.17) is 9.84 Å². The Labute approximate surface area is 173 Å². The minimum Gasteiger partial charge on any atom is -0.481 e. The van der Waals surface area contributed by atoms with Gasteiger partial charge in [-0.1, -0.05) is 48.5 Å². The van der Waals surface area contributed by atoms with Crippen molar-refractivity contribution in [2.45, 2.75) is 31.2 Å². The van der Waals surface area contributed by atoms with E-state index < -0.39 is 24.1 Å². The molecule has 1 aliphatic rings. The molecule has 7 nitrogen and oxygen atoms in total. The number of ether oxygens (including phenoxy) is 1. The van der Waals surface area contributed by atoms with Crippen LogP contribution in [0, 0.1) is 11.8 Å². The summed E-state index contributed by atoms with van der Waals surface area (Å²) in [5, 5.41) is 20.1. The van der Waals surface area contributed by atoms with Gasteiger partial charge in [0.15, 0.2) is 0 Å². The van der Waals surface area contributed by atoms with E-state index in [1.54, 1.807) is 0 Å². The molecule has 0 aliphatic heterocycles. The number of aliphatic carboxylic acids is 2.